The van der Waals surface area contributed by atoms with Crippen LogP contribution in [-0.4, -0.2) is 21.8 Å². The number of rotatable bonds is 4. The number of aromatic nitrogens is 1. The van der Waals surface area contributed by atoms with Gasteiger partial charge in [0.05, 0.1) is 11.7 Å². The third-order valence-corrected chi connectivity index (χ3v) is 3.96. The first-order valence-electron chi connectivity index (χ1n) is 7.97. The van der Waals surface area contributed by atoms with Crippen LogP contribution in [0.25, 0.3) is 10.9 Å². The van der Waals surface area contributed by atoms with Gasteiger partial charge in [0, 0.05) is 17.5 Å². The number of hydrogen-bond acceptors (Lipinski definition) is 4. The van der Waals surface area contributed by atoms with Gasteiger partial charge in [0.2, 0.25) is 0 Å². The minimum Gasteiger partial charge on any atom is -0.506 e. The Balaban J connectivity index is 1.98. The Morgan fingerprint density at radius 1 is 1.23 bits per heavy atom. The van der Waals surface area contributed by atoms with Crippen LogP contribution in [0.3, 0.4) is 0 Å². The zero-order chi connectivity index (χ0) is 18.7. The van der Waals surface area contributed by atoms with E-state index in [0.29, 0.717) is 17.4 Å². The van der Waals surface area contributed by atoms with E-state index in [1.807, 2.05) is 0 Å². The molecule has 0 fully saturated rings. The Labute approximate surface area is 148 Å². The lowest BCUT2D eigenvalue weighted by Crippen LogP contribution is -2.31. The van der Waals surface area contributed by atoms with Crippen molar-refractivity contribution in [1.29, 1.82) is 0 Å². The van der Waals surface area contributed by atoms with Crippen molar-refractivity contribution in [2.75, 3.05) is 0 Å². The minimum absolute atomic E-state index is 0.182. The predicted octanol–water partition coefficient (Wildman–Crippen LogP) is 2.63. The topological polar surface area (TPSA) is 83.7 Å². The average molecular weight is 353 g/mol. The van der Waals surface area contributed by atoms with Crippen molar-refractivity contribution in [3.63, 3.8) is 0 Å². The Morgan fingerprint density at radius 3 is 2.65 bits per heavy atom. The first-order chi connectivity index (χ1) is 12.5. The number of fused-ring (bicyclic) bond motifs is 1. The van der Waals surface area contributed by atoms with E-state index in [1.165, 1.54) is 22.8 Å². The molecule has 132 valence electrons. The molecule has 6 nitrogen and oxygen atoms in total. The number of hydrogen-bond donors (Lipinski definition) is 2. The summed E-state index contributed by atoms with van der Waals surface area (Å²) in [4.78, 5) is 25.0. The fourth-order valence-electron chi connectivity index (χ4n) is 2.70. The number of aromatic hydroxyl groups is 1. The van der Waals surface area contributed by atoms with Crippen molar-refractivity contribution in [1.82, 2.24) is 9.99 Å². The zero-order valence-corrected chi connectivity index (χ0v) is 13.9. The van der Waals surface area contributed by atoms with Gasteiger partial charge in [-0.3, -0.25) is 9.59 Å². The summed E-state index contributed by atoms with van der Waals surface area (Å²) in [7, 11) is 0. The molecular formula is C19H16FN3O3. The summed E-state index contributed by atoms with van der Waals surface area (Å²) in [6.07, 6.45) is 1.13. The van der Waals surface area contributed by atoms with Crippen molar-refractivity contribution in [2.24, 2.45) is 5.10 Å². The number of halogens is 1. The van der Waals surface area contributed by atoms with Crippen LogP contribution < -0.4 is 11.0 Å². The largest absolute Gasteiger partial charge is 0.506 e. The number of para-hydroxylation sites is 1. The Morgan fingerprint density at radius 2 is 1.92 bits per heavy atom. The van der Waals surface area contributed by atoms with Crippen molar-refractivity contribution >= 4 is 23.0 Å². The summed E-state index contributed by atoms with van der Waals surface area (Å²) >= 11 is 0. The number of amides is 1. The minimum atomic E-state index is -0.868. The van der Waals surface area contributed by atoms with Crippen LogP contribution in [0, 0.1) is 5.82 Å². The molecule has 26 heavy (non-hydrogen) atoms. The lowest BCUT2D eigenvalue weighted by Gasteiger charge is -2.12. The molecule has 0 saturated heterocycles. The van der Waals surface area contributed by atoms with Gasteiger partial charge in [-0.2, -0.15) is 5.10 Å². The van der Waals surface area contributed by atoms with E-state index in [2.05, 4.69) is 10.5 Å². The van der Waals surface area contributed by atoms with E-state index in [9.17, 15) is 19.1 Å². The maximum Gasteiger partial charge on any atom is 0.280 e. The molecule has 0 aliphatic heterocycles. The third kappa shape index (κ3) is 3.06. The van der Waals surface area contributed by atoms with E-state index in [4.69, 9.17) is 0 Å². The molecule has 0 bridgehead atoms. The molecule has 1 aromatic heterocycles. The molecule has 1 heterocycles. The van der Waals surface area contributed by atoms with Gasteiger partial charge in [0.1, 0.15) is 17.1 Å². The average Bonchev–Trinajstić information content (AvgIpc) is 2.64. The quantitative estimate of drug-likeness (QED) is 0.559. The highest BCUT2D eigenvalue weighted by Crippen LogP contribution is 2.26. The van der Waals surface area contributed by atoms with Crippen molar-refractivity contribution in [3.05, 3.63) is 75.8 Å². The second-order valence-electron chi connectivity index (χ2n) is 5.51. The van der Waals surface area contributed by atoms with Crippen LogP contribution in [0.15, 0.2) is 58.4 Å². The van der Waals surface area contributed by atoms with Crippen LogP contribution in [0.2, 0.25) is 0 Å². The maximum absolute atomic E-state index is 13.5. The van der Waals surface area contributed by atoms with Gasteiger partial charge >= 0.3 is 0 Å². The van der Waals surface area contributed by atoms with Crippen molar-refractivity contribution < 1.29 is 14.3 Å². The smallest absolute Gasteiger partial charge is 0.280 e. The fraction of sp³-hybridized carbons (Fsp3) is 0.105. The summed E-state index contributed by atoms with van der Waals surface area (Å²) in [5, 5.41) is 14.5. The number of nitrogens with one attached hydrogen (secondary N) is 1. The van der Waals surface area contributed by atoms with Gasteiger partial charge in [-0.15, -0.1) is 0 Å². The molecule has 7 heteroatoms. The summed E-state index contributed by atoms with van der Waals surface area (Å²) in [5.41, 5.74) is 1.85. The van der Waals surface area contributed by atoms with Gasteiger partial charge in [-0.05, 0) is 25.1 Å². The zero-order valence-electron chi connectivity index (χ0n) is 13.9. The van der Waals surface area contributed by atoms with Crippen LogP contribution in [0.4, 0.5) is 4.39 Å². The lowest BCUT2D eigenvalue weighted by molar-refractivity contribution is 0.0950. The van der Waals surface area contributed by atoms with Gasteiger partial charge < -0.3 is 9.67 Å². The van der Waals surface area contributed by atoms with Crippen LogP contribution in [0.1, 0.15) is 22.8 Å². The first kappa shape index (κ1) is 17.3. The number of carbonyl (C=O) groups excluding carboxylic acids is 1. The monoisotopic (exact) mass is 353 g/mol. The molecule has 0 aliphatic rings. The van der Waals surface area contributed by atoms with Gasteiger partial charge in [-0.1, -0.05) is 30.3 Å². The summed E-state index contributed by atoms with van der Waals surface area (Å²) in [6, 6.07) is 12.7. The number of aryl methyl sites for hydroxylation is 1. The van der Waals surface area contributed by atoms with E-state index in [1.54, 1.807) is 37.3 Å². The number of benzene rings is 2. The lowest BCUT2D eigenvalue weighted by atomic mass is 10.1. The molecule has 1 amide bonds. The Bertz CT molecular complexity index is 1070. The Kier molecular flexibility index (Phi) is 4.79. The fourth-order valence-corrected chi connectivity index (χ4v) is 2.70. The van der Waals surface area contributed by atoms with Crippen molar-refractivity contribution in [3.8, 4) is 5.75 Å². The molecular weight excluding hydrogens is 337 g/mol. The highest BCUT2D eigenvalue weighted by atomic mass is 19.1. The van der Waals surface area contributed by atoms with Gasteiger partial charge in [0.15, 0.2) is 0 Å². The molecule has 3 aromatic rings. The standard InChI is InChI=1S/C19H16FN3O3/c1-2-23-15-10-6-4-8-13(15)17(24)16(19(23)26)18(25)22-21-11-12-7-3-5-9-14(12)20/h3-11,24H,2H2,1H3,(H,22,25). The molecule has 0 radical (unpaired) electrons. The van der Waals surface area contributed by atoms with Crippen LogP contribution >= 0.6 is 0 Å². The summed E-state index contributed by atoms with van der Waals surface area (Å²) < 4.78 is 14.9. The molecule has 0 unspecified atom stereocenters. The van der Waals surface area contributed by atoms with Gasteiger partial charge in [-0.25, -0.2) is 9.82 Å². The normalized spacial score (nSPS) is 11.2. The highest BCUT2D eigenvalue weighted by Gasteiger charge is 2.21. The van der Waals surface area contributed by atoms with Crippen molar-refractivity contribution in [2.45, 2.75) is 13.5 Å². The number of carbonyl (C=O) groups is 1. The van der Waals surface area contributed by atoms with Crippen LogP contribution in [-0.2, 0) is 6.54 Å². The second kappa shape index (κ2) is 7.18. The number of pyridine rings is 1. The molecule has 0 aliphatic carbocycles. The highest BCUT2D eigenvalue weighted by molar-refractivity contribution is 6.02. The number of nitrogens with zero attached hydrogens (tertiary/aromatic N) is 2. The number of hydrazone groups is 1. The maximum atomic E-state index is 13.5. The van der Waals surface area contributed by atoms with E-state index < -0.39 is 28.6 Å². The van der Waals surface area contributed by atoms with E-state index >= 15 is 0 Å². The first-order valence-corrected chi connectivity index (χ1v) is 7.97. The van der Waals surface area contributed by atoms with E-state index in [0.717, 1.165) is 6.21 Å². The molecule has 0 spiro atoms. The summed E-state index contributed by atoms with van der Waals surface area (Å²) in [6.45, 7) is 2.10. The van der Waals surface area contributed by atoms with Gasteiger partial charge in [0.25, 0.3) is 11.5 Å². The third-order valence-electron chi connectivity index (χ3n) is 3.96. The molecule has 2 N–H and O–H groups in total. The second-order valence-corrected chi connectivity index (χ2v) is 5.51. The van der Waals surface area contributed by atoms with Crippen LogP contribution in [0.5, 0.6) is 5.75 Å². The SMILES string of the molecule is CCn1c(=O)c(C(=O)NN=Cc2ccccc2F)c(O)c2ccccc21. The molecule has 2 aromatic carbocycles. The molecule has 0 atom stereocenters. The molecule has 0 saturated carbocycles. The van der Waals surface area contributed by atoms with E-state index in [-0.39, 0.29) is 5.56 Å². The predicted molar refractivity (Wildman–Crippen MR) is 97.0 cm³/mol. The molecule has 3 rings (SSSR count). The summed E-state index contributed by atoms with van der Waals surface area (Å²) in [5.74, 6) is -1.77. The Hall–Kier alpha value is -3.48.